The van der Waals surface area contributed by atoms with E-state index in [9.17, 15) is 14.0 Å². The van der Waals surface area contributed by atoms with Crippen LogP contribution in [-0.4, -0.2) is 17.6 Å². The van der Waals surface area contributed by atoms with Crippen molar-refractivity contribution in [2.75, 3.05) is 7.11 Å². The second-order valence-electron chi connectivity index (χ2n) is 6.15. The van der Waals surface area contributed by atoms with Gasteiger partial charge in [-0.2, -0.15) is 0 Å². The van der Waals surface area contributed by atoms with E-state index in [1.165, 1.54) is 25.3 Å². The first-order chi connectivity index (χ1) is 12.1. The number of hydrogen-bond acceptors (Lipinski definition) is 3. The molecule has 0 unspecified atom stereocenters. The lowest BCUT2D eigenvalue weighted by Crippen LogP contribution is -2.30. The molecule has 1 aliphatic heterocycles. The maximum atomic E-state index is 13.3. The van der Waals surface area contributed by atoms with Crippen LogP contribution >= 0.6 is 0 Å². The molecule has 1 aromatic carbocycles. The third-order valence-corrected chi connectivity index (χ3v) is 4.47. The summed E-state index contributed by atoms with van der Waals surface area (Å²) in [5.41, 5.74) is 1.65. The molecule has 1 amide bonds. The monoisotopic (exact) mass is 344 g/mol. The molecule has 1 aromatic heterocycles. The number of fused-ring (bicyclic) bond motifs is 1. The topological polar surface area (TPSA) is 60.3 Å². The molecule has 0 aliphatic carbocycles. The summed E-state index contributed by atoms with van der Waals surface area (Å²) in [7, 11) is 1.45. The summed E-state index contributed by atoms with van der Waals surface area (Å²) in [6.07, 6.45) is 3.53. The lowest BCUT2D eigenvalue weighted by atomic mass is 10.1. The standard InChI is InChI=1S/C19H21FN2O3/c1-25-16-11-17(23)22-9-4-2-3-8-15(22)18(16)19(24)21-12-13-6-5-7-14(20)10-13/h5-7,10-11H,2-4,8-9,12H2,1H3,(H,21,24). The number of benzene rings is 1. The lowest BCUT2D eigenvalue weighted by molar-refractivity contribution is 0.0945. The number of aromatic nitrogens is 1. The third kappa shape index (κ3) is 3.73. The highest BCUT2D eigenvalue weighted by molar-refractivity contribution is 5.98. The van der Waals surface area contributed by atoms with Gasteiger partial charge in [0, 0.05) is 24.8 Å². The zero-order chi connectivity index (χ0) is 17.8. The van der Waals surface area contributed by atoms with Gasteiger partial charge in [0.25, 0.3) is 11.5 Å². The van der Waals surface area contributed by atoms with Crippen molar-refractivity contribution in [3.05, 3.63) is 63.3 Å². The van der Waals surface area contributed by atoms with Crippen LogP contribution in [0.25, 0.3) is 0 Å². The van der Waals surface area contributed by atoms with Crippen molar-refractivity contribution in [3.63, 3.8) is 0 Å². The number of nitrogens with one attached hydrogen (secondary N) is 1. The maximum absolute atomic E-state index is 13.3. The van der Waals surface area contributed by atoms with E-state index in [2.05, 4.69) is 5.32 Å². The van der Waals surface area contributed by atoms with Gasteiger partial charge in [0.1, 0.15) is 17.1 Å². The molecule has 0 saturated heterocycles. The van der Waals surface area contributed by atoms with Gasteiger partial charge >= 0.3 is 0 Å². The lowest BCUT2D eigenvalue weighted by Gasteiger charge is -2.17. The van der Waals surface area contributed by atoms with E-state index in [1.54, 1.807) is 16.7 Å². The van der Waals surface area contributed by atoms with E-state index in [0.29, 0.717) is 24.1 Å². The number of carbonyl (C=O) groups is 1. The first-order valence-corrected chi connectivity index (χ1v) is 8.43. The summed E-state index contributed by atoms with van der Waals surface area (Å²) >= 11 is 0. The largest absolute Gasteiger partial charge is 0.496 e. The number of amides is 1. The molecule has 1 N–H and O–H groups in total. The van der Waals surface area contributed by atoms with Crippen LogP contribution in [0.5, 0.6) is 5.75 Å². The quantitative estimate of drug-likeness (QED) is 0.928. The van der Waals surface area contributed by atoms with Crippen molar-refractivity contribution >= 4 is 5.91 Å². The van der Waals surface area contributed by atoms with Gasteiger partial charge in [0.15, 0.2) is 0 Å². The average molecular weight is 344 g/mol. The van der Waals surface area contributed by atoms with Gasteiger partial charge in [-0.15, -0.1) is 0 Å². The molecule has 0 bridgehead atoms. The zero-order valence-corrected chi connectivity index (χ0v) is 14.2. The maximum Gasteiger partial charge on any atom is 0.257 e. The third-order valence-electron chi connectivity index (χ3n) is 4.47. The van der Waals surface area contributed by atoms with Crippen molar-refractivity contribution in [1.82, 2.24) is 9.88 Å². The number of nitrogens with zero attached hydrogens (tertiary/aromatic N) is 1. The fourth-order valence-electron chi connectivity index (χ4n) is 3.24. The van der Waals surface area contributed by atoms with Crippen molar-refractivity contribution in [1.29, 1.82) is 0 Å². The van der Waals surface area contributed by atoms with Gasteiger partial charge in [-0.05, 0) is 37.0 Å². The fraction of sp³-hybridized carbons (Fsp3) is 0.368. The molecule has 6 heteroatoms. The van der Waals surface area contributed by atoms with Crippen molar-refractivity contribution < 1.29 is 13.9 Å². The van der Waals surface area contributed by atoms with E-state index in [0.717, 1.165) is 25.0 Å². The molecule has 5 nitrogen and oxygen atoms in total. The Morgan fingerprint density at radius 2 is 2.12 bits per heavy atom. The molecule has 2 aromatic rings. The summed E-state index contributed by atoms with van der Waals surface area (Å²) in [4.78, 5) is 25.1. The molecule has 3 rings (SSSR count). The molecule has 0 radical (unpaired) electrons. The normalized spacial score (nSPS) is 13.7. The van der Waals surface area contributed by atoms with Crippen LogP contribution in [-0.2, 0) is 19.5 Å². The van der Waals surface area contributed by atoms with Gasteiger partial charge in [0.05, 0.1) is 7.11 Å². The molecule has 2 heterocycles. The van der Waals surface area contributed by atoms with Crippen LogP contribution < -0.4 is 15.6 Å². The molecule has 0 atom stereocenters. The van der Waals surface area contributed by atoms with Crippen LogP contribution in [0.15, 0.2) is 35.1 Å². The number of methoxy groups -OCH3 is 1. The second-order valence-corrected chi connectivity index (χ2v) is 6.15. The van der Waals surface area contributed by atoms with Gasteiger partial charge in [-0.3, -0.25) is 9.59 Å². The fourth-order valence-corrected chi connectivity index (χ4v) is 3.24. The number of rotatable bonds is 4. The van der Waals surface area contributed by atoms with Crippen LogP contribution in [0.1, 0.15) is 40.9 Å². The summed E-state index contributed by atoms with van der Waals surface area (Å²) in [6, 6.07) is 7.46. The average Bonchev–Trinajstić information content (AvgIpc) is 2.86. The Morgan fingerprint density at radius 3 is 2.88 bits per heavy atom. The number of halogens is 1. The van der Waals surface area contributed by atoms with Crippen LogP contribution in [0.3, 0.4) is 0 Å². The number of hydrogen-bond donors (Lipinski definition) is 1. The molecular weight excluding hydrogens is 323 g/mol. The Kier molecular flexibility index (Phi) is 5.16. The highest BCUT2D eigenvalue weighted by Crippen LogP contribution is 2.24. The number of ether oxygens (including phenoxy) is 1. The minimum Gasteiger partial charge on any atom is -0.496 e. The summed E-state index contributed by atoms with van der Waals surface area (Å²) < 4.78 is 20.2. The molecule has 132 valence electrons. The Bertz CT molecular complexity index is 845. The first-order valence-electron chi connectivity index (χ1n) is 8.43. The minimum absolute atomic E-state index is 0.143. The molecule has 0 fully saturated rings. The molecule has 25 heavy (non-hydrogen) atoms. The predicted octanol–water partition coefficient (Wildman–Crippen LogP) is 2.65. The van der Waals surface area contributed by atoms with Crippen LogP contribution in [0.4, 0.5) is 4.39 Å². The van der Waals surface area contributed by atoms with Crippen molar-refractivity contribution in [3.8, 4) is 5.75 Å². The Balaban J connectivity index is 1.92. The summed E-state index contributed by atoms with van der Waals surface area (Å²) in [5.74, 6) is -0.369. The highest BCUT2D eigenvalue weighted by atomic mass is 19.1. The second kappa shape index (κ2) is 7.51. The minimum atomic E-state index is -0.343. The van der Waals surface area contributed by atoms with Gasteiger partial charge in [-0.1, -0.05) is 18.6 Å². The highest BCUT2D eigenvalue weighted by Gasteiger charge is 2.23. The number of pyridine rings is 1. The van der Waals surface area contributed by atoms with Gasteiger partial charge < -0.3 is 14.6 Å². The summed E-state index contributed by atoms with van der Waals surface area (Å²) in [5, 5.41) is 2.81. The smallest absolute Gasteiger partial charge is 0.257 e. The van der Waals surface area contributed by atoms with Crippen LogP contribution in [0.2, 0.25) is 0 Å². The van der Waals surface area contributed by atoms with Crippen LogP contribution in [0, 0.1) is 5.82 Å². The van der Waals surface area contributed by atoms with E-state index in [4.69, 9.17) is 4.74 Å². The SMILES string of the molecule is COc1cc(=O)n2c(c1C(=O)NCc1cccc(F)c1)CCCCC2. The van der Waals surface area contributed by atoms with E-state index in [-0.39, 0.29) is 29.6 Å². The Labute approximate surface area is 145 Å². The predicted molar refractivity (Wildman–Crippen MR) is 92.4 cm³/mol. The Morgan fingerprint density at radius 1 is 1.28 bits per heavy atom. The van der Waals surface area contributed by atoms with E-state index >= 15 is 0 Å². The summed E-state index contributed by atoms with van der Waals surface area (Å²) in [6.45, 7) is 0.820. The number of carbonyl (C=O) groups excluding carboxylic acids is 1. The van der Waals surface area contributed by atoms with Crippen molar-refractivity contribution in [2.24, 2.45) is 0 Å². The molecule has 0 spiro atoms. The molecular formula is C19H21FN2O3. The Hall–Kier alpha value is -2.63. The van der Waals surface area contributed by atoms with E-state index < -0.39 is 0 Å². The molecule has 1 aliphatic rings. The van der Waals surface area contributed by atoms with Gasteiger partial charge in [0.2, 0.25) is 0 Å². The molecule has 0 saturated carbocycles. The first kappa shape index (κ1) is 17.2. The van der Waals surface area contributed by atoms with Crippen molar-refractivity contribution in [2.45, 2.75) is 38.8 Å². The van der Waals surface area contributed by atoms with Gasteiger partial charge in [-0.25, -0.2) is 4.39 Å². The van der Waals surface area contributed by atoms with E-state index in [1.807, 2.05) is 0 Å². The zero-order valence-electron chi connectivity index (χ0n) is 14.2.